The fourth-order valence-electron chi connectivity index (χ4n) is 3.92. The largest absolute Gasteiger partial charge is 0.480 e. The van der Waals surface area contributed by atoms with Crippen LogP contribution in [-0.2, 0) is 26.2 Å². The van der Waals surface area contributed by atoms with E-state index in [1.54, 1.807) is 55.5 Å². The van der Waals surface area contributed by atoms with Gasteiger partial charge in [0, 0.05) is 11.1 Å². The van der Waals surface area contributed by atoms with Gasteiger partial charge < -0.3 is 9.84 Å². The first-order chi connectivity index (χ1) is 16.6. The van der Waals surface area contributed by atoms with Crippen molar-refractivity contribution in [2.45, 2.75) is 45.4 Å². The molecule has 0 fully saturated rings. The monoisotopic (exact) mass is 472 g/mol. The summed E-state index contributed by atoms with van der Waals surface area (Å²) in [7, 11) is 0. The fraction of sp³-hybridized carbons (Fsp3) is 0.300. The minimum Gasteiger partial charge on any atom is -0.480 e. The molecule has 0 saturated heterocycles. The van der Waals surface area contributed by atoms with Crippen molar-refractivity contribution >= 4 is 17.7 Å². The van der Waals surface area contributed by atoms with E-state index in [1.165, 1.54) is 12.5 Å². The van der Waals surface area contributed by atoms with Crippen molar-refractivity contribution in [3.63, 3.8) is 0 Å². The second-order valence-electron chi connectivity index (χ2n) is 9.58. The van der Waals surface area contributed by atoms with E-state index in [9.17, 15) is 19.5 Å². The summed E-state index contributed by atoms with van der Waals surface area (Å²) in [5.74, 6) is -1.83. The average Bonchev–Trinajstić information content (AvgIpc) is 2.86. The summed E-state index contributed by atoms with van der Waals surface area (Å²) >= 11 is 0. The van der Waals surface area contributed by atoms with Gasteiger partial charge in [-0.1, -0.05) is 86.6 Å². The topological polar surface area (TPSA) is 80.7 Å². The van der Waals surface area contributed by atoms with Gasteiger partial charge in [0.25, 0.3) is 0 Å². The van der Waals surface area contributed by atoms with Crippen LogP contribution in [0.15, 0.2) is 78.9 Å². The Morgan fingerprint density at radius 2 is 1.49 bits per heavy atom. The van der Waals surface area contributed by atoms with Crippen molar-refractivity contribution in [1.29, 1.82) is 0 Å². The van der Waals surface area contributed by atoms with Gasteiger partial charge in [-0.2, -0.15) is 0 Å². The van der Waals surface area contributed by atoms with Gasteiger partial charge in [-0.05, 0) is 48.9 Å². The number of benzene rings is 3. The molecule has 0 aliphatic rings. The third-order valence-corrected chi connectivity index (χ3v) is 6.25. The molecule has 5 nitrogen and oxygen atoms in total. The maximum absolute atomic E-state index is 12.9. The van der Waals surface area contributed by atoms with Crippen molar-refractivity contribution < 1.29 is 24.2 Å². The molecule has 0 aliphatic heterocycles. The highest BCUT2D eigenvalue weighted by Gasteiger charge is 2.38. The maximum Gasteiger partial charge on any atom is 0.317 e. The molecule has 5 heteroatoms. The smallest absolute Gasteiger partial charge is 0.317 e. The number of carboxylic acids is 1. The highest BCUT2D eigenvalue weighted by molar-refractivity contribution is 6.09. The molecule has 3 rings (SSSR count). The van der Waals surface area contributed by atoms with E-state index in [0.29, 0.717) is 22.6 Å². The lowest BCUT2D eigenvalue weighted by atomic mass is 9.82. The third-order valence-electron chi connectivity index (χ3n) is 6.25. The summed E-state index contributed by atoms with van der Waals surface area (Å²) in [5.41, 5.74) is 1.79. The van der Waals surface area contributed by atoms with Gasteiger partial charge in [0.1, 0.15) is 12.0 Å². The molecule has 182 valence electrons. The molecule has 0 radical (unpaired) electrons. The van der Waals surface area contributed by atoms with Crippen LogP contribution in [0, 0.1) is 5.92 Å². The highest BCUT2D eigenvalue weighted by atomic mass is 16.5. The Hall–Kier alpha value is -3.73. The Labute approximate surface area is 206 Å². The quantitative estimate of drug-likeness (QED) is 0.298. The number of hydrogen-bond donors (Lipinski definition) is 1. The van der Waals surface area contributed by atoms with Crippen LogP contribution < -0.4 is 0 Å². The van der Waals surface area contributed by atoms with Crippen molar-refractivity contribution in [3.8, 4) is 0 Å². The van der Waals surface area contributed by atoms with Crippen molar-refractivity contribution in [3.05, 3.63) is 107 Å². The van der Waals surface area contributed by atoms with Crippen LogP contribution in [0.2, 0.25) is 0 Å². The molecule has 0 spiro atoms. The standard InChI is InChI=1S/C30H32O5/c1-20(2)17-22-13-15-23(16-14-22)21(3)28(32)35-19-30(4,29(33)34)26-12-8-11-25(18-26)27(31)24-9-6-5-7-10-24/h5-16,18,20-21H,17,19H2,1-4H3,(H,33,34). The molecular weight excluding hydrogens is 440 g/mol. The molecule has 1 N–H and O–H groups in total. The Balaban J connectivity index is 1.75. The van der Waals surface area contributed by atoms with Crippen LogP contribution in [0.1, 0.15) is 66.2 Å². The highest BCUT2D eigenvalue weighted by Crippen LogP contribution is 2.28. The van der Waals surface area contributed by atoms with Crippen molar-refractivity contribution in [2.24, 2.45) is 5.92 Å². The van der Waals surface area contributed by atoms with Gasteiger partial charge >= 0.3 is 11.9 Å². The van der Waals surface area contributed by atoms with E-state index >= 15 is 0 Å². The molecule has 3 aromatic carbocycles. The van der Waals surface area contributed by atoms with E-state index in [1.807, 2.05) is 30.3 Å². The lowest BCUT2D eigenvalue weighted by molar-refractivity contribution is -0.153. The molecule has 0 saturated carbocycles. The molecule has 2 unspecified atom stereocenters. The summed E-state index contributed by atoms with van der Waals surface area (Å²) < 4.78 is 5.51. The van der Waals surface area contributed by atoms with Crippen molar-refractivity contribution in [2.75, 3.05) is 6.61 Å². The van der Waals surface area contributed by atoms with E-state index in [2.05, 4.69) is 13.8 Å². The van der Waals surface area contributed by atoms with Crippen LogP contribution in [0.3, 0.4) is 0 Å². The van der Waals surface area contributed by atoms with Gasteiger partial charge in [-0.3, -0.25) is 14.4 Å². The lowest BCUT2D eigenvalue weighted by Crippen LogP contribution is -2.38. The zero-order chi connectivity index (χ0) is 25.6. The normalized spacial score (nSPS) is 13.6. The van der Waals surface area contributed by atoms with Gasteiger partial charge in [0.15, 0.2) is 5.78 Å². The van der Waals surface area contributed by atoms with Crippen molar-refractivity contribution in [1.82, 2.24) is 0 Å². The maximum atomic E-state index is 12.9. The number of carbonyl (C=O) groups is 3. The van der Waals surface area contributed by atoms with Crippen LogP contribution in [0.5, 0.6) is 0 Å². The Kier molecular flexibility index (Phi) is 8.23. The zero-order valence-corrected chi connectivity index (χ0v) is 20.7. The lowest BCUT2D eigenvalue weighted by Gasteiger charge is -2.26. The molecule has 0 heterocycles. The molecule has 0 aromatic heterocycles. The van der Waals surface area contributed by atoms with Crippen LogP contribution in [0.25, 0.3) is 0 Å². The number of esters is 1. The van der Waals surface area contributed by atoms with Gasteiger partial charge in [-0.25, -0.2) is 0 Å². The number of rotatable bonds is 10. The summed E-state index contributed by atoms with van der Waals surface area (Å²) in [6.45, 7) is 7.21. The third kappa shape index (κ3) is 6.24. The molecule has 35 heavy (non-hydrogen) atoms. The van der Waals surface area contributed by atoms with Gasteiger partial charge in [0.2, 0.25) is 0 Å². The summed E-state index contributed by atoms with van der Waals surface area (Å²) in [5, 5.41) is 10.0. The number of aliphatic carboxylic acids is 1. The first kappa shape index (κ1) is 25.9. The second kappa shape index (κ2) is 11.1. The van der Waals surface area contributed by atoms with Crippen LogP contribution in [0.4, 0.5) is 0 Å². The summed E-state index contributed by atoms with van der Waals surface area (Å²) in [4.78, 5) is 37.9. The fourth-order valence-corrected chi connectivity index (χ4v) is 3.92. The Morgan fingerprint density at radius 3 is 2.09 bits per heavy atom. The van der Waals surface area contributed by atoms with E-state index in [4.69, 9.17) is 4.74 Å². The predicted octanol–water partition coefficient (Wildman–Crippen LogP) is 5.81. The minimum absolute atomic E-state index is 0.202. The SMILES string of the molecule is CC(C)Cc1ccc(C(C)C(=O)OCC(C)(C(=O)O)c2cccc(C(=O)c3ccccc3)c2)cc1. The summed E-state index contributed by atoms with van der Waals surface area (Å²) in [6.07, 6.45) is 0.960. The van der Waals surface area contributed by atoms with Crippen LogP contribution in [-0.4, -0.2) is 29.4 Å². The molecule has 3 aromatic rings. The van der Waals surface area contributed by atoms with E-state index in [0.717, 1.165) is 12.0 Å². The van der Waals surface area contributed by atoms with E-state index in [-0.39, 0.29) is 12.4 Å². The molecule has 2 atom stereocenters. The molecule has 0 aliphatic carbocycles. The van der Waals surface area contributed by atoms with Crippen LogP contribution >= 0.6 is 0 Å². The van der Waals surface area contributed by atoms with Gasteiger partial charge in [0.05, 0.1) is 5.92 Å². The molecular formula is C30H32O5. The summed E-state index contributed by atoms with van der Waals surface area (Å²) in [6, 6.07) is 23.2. The Morgan fingerprint density at radius 1 is 0.857 bits per heavy atom. The zero-order valence-electron chi connectivity index (χ0n) is 20.7. The molecule has 0 bridgehead atoms. The Bertz CT molecular complexity index is 1180. The first-order valence-corrected chi connectivity index (χ1v) is 11.8. The second-order valence-corrected chi connectivity index (χ2v) is 9.58. The predicted molar refractivity (Wildman–Crippen MR) is 136 cm³/mol. The van der Waals surface area contributed by atoms with Gasteiger partial charge in [-0.15, -0.1) is 0 Å². The number of hydrogen-bond acceptors (Lipinski definition) is 4. The number of carbonyl (C=O) groups excluding carboxylic acids is 2. The first-order valence-electron chi connectivity index (χ1n) is 11.8. The number of ketones is 1. The molecule has 0 amide bonds. The number of ether oxygens (including phenoxy) is 1. The average molecular weight is 473 g/mol. The minimum atomic E-state index is -1.51. The van der Waals surface area contributed by atoms with E-state index < -0.39 is 23.3 Å². The number of carboxylic acid groups (broad SMARTS) is 1.